The van der Waals surface area contributed by atoms with Crippen LogP contribution in [0.5, 0.6) is 0 Å². The molecule has 6 heteroatoms. The Morgan fingerprint density at radius 1 is 1.28 bits per heavy atom. The normalized spacial score (nSPS) is 10.7. The van der Waals surface area contributed by atoms with Gasteiger partial charge >= 0.3 is 0 Å². The van der Waals surface area contributed by atoms with E-state index in [0.717, 1.165) is 11.1 Å². The molecule has 1 N–H and O–H groups in total. The maximum absolute atomic E-state index is 13.9. The Morgan fingerprint density at radius 2 is 2.08 bits per heavy atom. The van der Waals surface area contributed by atoms with Crippen LogP contribution in [-0.2, 0) is 6.54 Å². The van der Waals surface area contributed by atoms with Crippen molar-refractivity contribution < 1.29 is 9.18 Å². The molecule has 25 heavy (non-hydrogen) atoms. The van der Waals surface area contributed by atoms with Crippen LogP contribution in [-0.4, -0.2) is 15.7 Å². The summed E-state index contributed by atoms with van der Waals surface area (Å²) in [5, 5.41) is 7.30. The van der Waals surface area contributed by atoms with Crippen molar-refractivity contribution in [1.82, 2.24) is 9.78 Å². The van der Waals surface area contributed by atoms with E-state index < -0.39 is 0 Å². The van der Waals surface area contributed by atoms with Crippen LogP contribution in [0.4, 0.5) is 10.1 Å². The zero-order valence-corrected chi connectivity index (χ0v) is 14.6. The minimum atomic E-state index is -0.385. The van der Waals surface area contributed by atoms with Crippen LogP contribution in [0, 0.1) is 19.7 Å². The Balaban J connectivity index is 1.74. The molecule has 0 fully saturated rings. The highest BCUT2D eigenvalue weighted by atomic mass is 35.5. The number of amides is 1. The van der Waals surface area contributed by atoms with Gasteiger partial charge in [-0.3, -0.25) is 9.48 Å². The van der Waals surface area contributed by atoms with Gasteiger partial charge in [0.15, 0.2) is 0 Å². The molecule has 0 radical (unpaired) electrons. The molecule has 2 aromatic carbocycles. The summed E-state index contributed by atoms with van der Waals surface area (Å²) in [5.74, 6) is -0.593. The van der Waals surface area contributed by atoms with Crippen molar-refractivity contribution in [3.63, 3.8) is 0 Å². The fourth-order valence-electron chi connectivity index (χ4n) is 2.63. The number of hydrogen-bond donors (Lipinski definition) is 1. The number of benzene rings is 2. The molecule has 128 valence electrons. The zero-order valence-electron chi connectivity index (χ0n) is 13.9. The molecule has 3 aromatic rings. The van der Waals surface area contributed by atoms with Gasteiger partial charge in [0.05, 0.1) is 18.4 Å². The fraction of sp³-hybridized carbons (Fsp3) is 0.158. The van der Waals surface area contributed by atoms with E-state index in [1.807, 2.05) is 26.0 Å². The summed E-state index contributed by atoms with van der Waals surface area (Å²) >= 11 is 6.03. The lowest BCUT2D eigenvalue weighted by Crippen LogP contribution is -2.13. The second-order valence-corrected chi connectivity index (χ2v) is 6.31. The highest BCUT2D eigenvalue weighted by molar-refractivity contribution is 6.31. The van der Waals surface area contributed by atoms with Gasteiger partial charge in [-0.25, -0.2) is 4.39 Å². The number of carbonyl (C=O) groups is 1. The third-order valence-electron chi connectivity index (χ3n) is 3.90. The van der Waals surface area contributed by atoms with E-state index in [1.165, 1.54) is 16.9 Å². The number of rotatable bonds is 4. The maximum atomic E-state index is 13.9. The van der Waals surface area contributed by atoms with Gasteiger partial charge in [0, 0.05) is 22.3 Å². The van der Waals surface area contributed by atoms with Gasteiger partial charge < -0.3 is 5.32 Å². The molecule has 0 aliphatic rings. The van der Waals surface area contributed by atoms with Gasteiger partial charge in [0.25, 0.3) is 5.91 Å². The van der Waals surface area contributed by atoms with E-state index in [0.29, 0.717) is 21.8 Å². The van der Waals surface area contributed by atoms with Crippen LogP contribution >= 0.6 is 11.6 Å². The number of carbonyl (C=O) groups excluding carboxylic acids is 1. The van der Waals surface area contributed by atoms with E-state index in [-0.39, 0.29) is 18.3 Å². The second-order valence-electron chi connectivity index (χ2n) is 5.90. The van der Waals surface area contributed by atoms with Crippen molar-refractivity contribution in [2.75, 3.05) is 5.32 Å². The summed E-state index contributed by atoms with van der Waals surface area (Å²) in [6.45, 7) is 4.06. The van der Waals surface area contributed by atoms with Gasteiger partial charge in [0.1, 0.15) is 5.82 Å². The largest absolute Gasteiger partial charge is 0.319 e. The molecule has 3 rings (SSSR count). The van der Waals surface area contributed by atoms with Crippen molar-refractivity contribution >= 4 is 23.2 Å². The monoisotopic (exact) mass is 357 g/mol. The quantitative estimate of drug-likeness (QED) is 0.742. The lowest BCUT2D eigenvalue weighted by Gasteiger charge is -2.07. The van der Waals surface area contributed by atoms with E-state index in [4.69, 9.17) is 11.6 Å². The Labute approximate surface area is 150 Å². The highest BCUT2D eigenvalue weighted by Crippen LogP contribution is 2.20. The number of nitrogens with zero attached hydrogens (tertiary/aromatic N) is 2. The molecule has 1 aromatic heterocycles. The molecule has 0 saturated heterocycles. The number of hydrogen-bond acceptors (Lipinski definition) is 2. The van der Waals surface area contributed by atoms with E-state index in [9.17, 15) is 9.18 Å². The first-order valence-electron chi connectivity index (χ1n) is 7.78. The van der Waals surface area contributed by atoms with Crippen LogP contribution in [0.15, 0.2) is 48.8 Å². The summed E-state index contributed by atoms with van der Waals surface area (Å²) < 4.78 is 15.4. The average Bonchev–Trinajstić information content (AvgIpc) is 2.98. The van der Waals surface area contributed by atoms with Crippen molar-refractivity contribution in [2.24, 2.45) is 0 Å². The summed E-state index contributed by atoms with van der Waals surface area (Å²) in [6, 6.07) is 10.2. The molecule has 0 atom stereocenters. The maximum Gasteiger partial charge on any atom is 0.256 e. The summed E-state index contributed by atoms with van der Waals surface area (Å²) in [4.78, 5) is 12.4. The molecule has 0 spiro atoms. The fourth-order valence-corrected chi connectivity index (χ4v) is 2.85. The molecule has 4 nitrogen and oxygen atoms in total. The van der Waals surface area contributed by atoms with Gasteiger partial charge in [-0.2, -0.15) is 5.10 Å². The van der Waals surface area contributed by atoms with Gasteiger partial charge in [0.2, 0.25) is 0 Å². The lowest BCUT2D eigenvalue weighted by molar-refractivity contribution is 0.102. The topological polar surface area (TPSA) is 46.9 Å². The minimum absolute atomic E-state index is 0.185. The number of aromatic nitrogens is 2. The number of nitrogens with one attached hydrogen (secondary N) is 1. The first kappa shape index (κ1) is 17.2. The molecule has 1 heterocycles. The zero-order chi connectivity index (χ0) is 18.0. The van der Waals surface area contributed by atoms with Crippen molar-refractivity contribution in [3.05, 3.63) is 81.9 Å². The Kier molecular flexibility index (Phi) is 4.86. The molecule has 0 unspecified atom stereocenters. The second kappa shape index (κ2) is 7.07. The smallest absolute Gasteiger partial charge is 0.256 e. The third-order valence-corrected chi connectivity index (χ3v) is 4.25. The van der Waals surface area contributed by atoms with Crippen molar-refractivity contribution in [1.29, 1.82) is 0 Å². The van der Waals surface area contributed by atoms with E-state index >= 15 is 0 Å². The van der Waals surface area contributed by atoms with Gasteiger partial charge in [-0.1, -0.05) is 35.4 Å². The van der Waals surface area contributed by atoms with Crippen LogP contribution in [0.3, 0.4) is 0 Å². The molecular weight excluding hydrogens is 341 g/mol. The first-order valence-corrected chi connectivity index (χ1v) is 8.16. The van der Waals surface area contributed by atoms with Crippen molar-refractivity contribution in [3.8, 4) is 0 Å². The number of halogens is 2. The highest BCUT2D eigenvalue weighted by Gasteiger charge is 2.12. The predicted octanol–water partition coefficient (Wildman–Crippen LogP) is 4.59. The number of aryl methyl sites for hydroxylation is 2. The minimum Gasteiger partial charge on any atom is -0.319 e. The van der Waals surface area contributed by atoms with Crippen LogP contribution < -0.4 is 5.32 Å². The van der Waals surface area contributed by atoms with E-state index in [1.54, 1.807) is 24.4 Å². The van der Waals surface area contributed by atoms with Crippen LogP contribution in [0.25, 0.3) is 0 Å². The molecule has 1 amide bonds. The standard InChI is InChI=1S/C19H17ClFN3O/c1-12-6-7-15(13(2)8-12)19(25)23-14-9-22-24(10-14)11-16-17(20)4-3-5-18(16)21/h3-10H,11H2,1-2H3,(H,23,25). The molecule has 0 bridgehead atoms. The van der Waals surface area contributed by atoms with Gasteiger partial charge in [-0.15, -0.1) is 0 Å². The summed E-state index contributed by atoms with van der Waals surface area (Å²) in [7, 11) is 0. The molecular formula is C19H17ClFN3O. The number of anilines is 1. The van der Waals surface area contributed by atoms with E-state index in [2.05, 4.69) is 10.4 Å². The van der Waals surface area contributed by atoms with Gasteiger partial charge in [-0.05, 0) is 37.6 Å². The molecule has 0 aliphatic heterocycles. The molecule has 0 aliphatic carbocycles. The Hall–Kier alpha value is -2.66. The SMILES string of the molecule is Cc1ccc(C(=O)Nc2cnn(Cc3c(F)cccc3Cl)c2)c(C)c1. The molecule has 0 saturated carbocycles. The Bertz CT molecular complexity index is 916. The summed E-state index contributed by atoms with van der Waals surface area (Å²) in [5.41, 5.74) is 3.51. The van der Waals surface area contributed by atoms with Crippen molar-refractivity contribution in [2.45, 2.75) is 20.4 Å². The lowest BCUT2D eigenvalue weighted by atomic mass is 10.1. The first-order chi connectivity index (χ1) is 11.9. The Morgan fingerprint density at radius 3 is 2.80 bits per heavy atom. The third kappa shape index (κ3) is 3.88. The average molecular weight is 358 g/mol. The summed E-state index contributed by atoms with van der Waals surface area (Å²) in [6.07, 6.45) is 3.17. The predicted molar refractivity (Wildman–Crippen MR) is 96.6 cm³/mol. The van der Waals surface area contributed by atoms with Crippen LogP contribution in [0.1, 0.15) is 27.0 Å². The van der Waals surface area contributed by atoms with Crippen LogP contribution in [0.2, 0.25) is 5.02 Å².